The lowest BCUT2D eigenvalue weighted by Gasteiger charge is -2.34. The molecule has 0 radical (unpaired) electrons. The van der Waals surface area contributed by atoms with E-state index in [0.29, 0.717) is 0 Å². The highest BCUT2D eigenvalue weighted by Gasteiger charge is 2.28. The molecule has 0 aliphatic carbocycles. The van der Waals surface area contributed by atoms with Crippen molar-refractivity contribution in [2.75, 3.05) is 0 Å². The molecule has 1 aromatic rings. The Bertz CT molecular complexity index is 448. The molecule has 21 heavy (non-hydrogen) atoms. The van der Waals surface area contributed by atoms with Crippen molar-refractivity contribution in [2.24, 2.45) is 5.41 Å². The summed E-state index contributed by atoms with van der Waals surface area (Å²) < 4.78 is 0. The van der Waals surface area contributed by atoms with Crippen molar-refractivity contribution in [2.45, 2.75) is 64.5 Å². The van der Waals surface area contributed by atoms with Gasteiger partial charge in [-0.3, -0.25) is 4.79 Å². The zero-order valence-electron chi connectivity index (χ0n) is 14.2. The van der Waals surface area contributed by atoms with Crippen LogP contribution in [0.3, 0.4) is 0 Å². The van der Waals surface area contributed by atoms with Crippen LogP contribution >= 0.6 is 11.8 Å². The van der Waals surface area contributed by atoms with Gasteiger partial charge in [-0.2, -0.15) is 0 Å². The summed E-state index contributed by atoms with van der Waals surface area (Å²) in [5, 5.41) is 3.15. The van der Waals surface area contributed by atoms with Crippen LogP contribution in [0.2, 0.25) is 0 Å². The summed E-state index contributed by atoms with van der Waals surface area (Å²) >= 11 is 1.68. The van der Waals surface area contributed by atoms with Gasteiger partial charge in [0.2, 0.25) is 5.91 Å². The van der Waals surface area contributed by atoms with Crippen molar-refractivity contribution >= 4 is 17.7 Å². The Morgan fingerprint density at radius 1 is 1.14 bits per heavy atom. The Labute approximate surface area is 134 Å². The van der Waals surface area contributed by atoms with Crippen molar-refractivity contribution in [1.29, 1.82) is 0 Å². The standard InChI is InChI=1S/C18H29NOS/c1-14(21-12-15-10-8-7-9-11-15)16(20)19-18(5,6)13-17(2,3)4/h7-11,14H,12-13H2,1-6H3,(H,19,20)/t14-/m1/s1. The lowest BCUT2D eigenvalue weighted by molar-refractivity contribution is -0.122. The molecule has 3 heteroatoms. The zero-order valence-corrected chi connectivity index (χ0v) is 15.0. The van der Waals surface area contributed by atoms with E-state index in [1.807, 2.05) is 25.1 Å². The SMILES string of the molecule is C[C@@H](SCc1ccccc1)C(=O)NC(C)(C)CC(C)(C)C. The third-order valence-electron chi connectivity index (χ3n) is 3.15. The van der Waals surface area contributed by atoms with E-state index in [-0.39, 0.29) is 22.1 Å². The van der Waals surface area contributed by atoms with Crippen molar-refractivity contribution in [3.05, 3.63) is 35.9 Å². The fourth-order valence-electron chi connectivity index (χ4n) is 2.68. The first kappa shape index (κ1) is 18.1. The van der Waals surface area contributed by atoms with E-state index in [1.165, 1.54) is 5.56 Å². The first-order valence-corrected chi connectivity index (χ1v) is 8.61. The van der Waals surface area contributed by atoms with Crippen LogP contribution in [-0.2, 0) is 10.5 Å². The van der Waals surface area contributed by atoms with Crippen molar-refractivity contribution in [3.63, 3.8) is 0 Å². The minimum absolute atomic E-state index is 0.0375. The number of hydrogen-bond acceptors (Lipinski definition) is 2. The summed E-state index contributed by atoms with van der Waals surface area (Å²) in [4.78, 5) is 12.3. The molecule has 1 amide bonds. The second-order valence-electron chi connectivity index (χ2n) is 7.55. The number of carbonyl (C=O) groups is 1. The second kappa shape index (κ2) is 7.35. The Balaban J connectivity index is 2.47. The molecule has 1 N–H and O–H groups in total. The summed E-state index contributed by atoms with van der Waals surface area (Å²) in [6, 6.07) is 10.3. The van der Waals surface area contributed by atoms with Crippen LogP contribution in [0.5, 0.6) is 0 Å². The van der Waals surface area contributed by atoms with Crippen LogP contribution in [0.4, 0.5) is 0 Å². The van der Waals surface area contributed by atoms with Crippen LogP contribution in [0.25, 0.3) is 0 Å². The maximum Gasteiger partial charge on any atom is 0.233 e. The third-order valence-corrected chi connectivity index (χ3v) is 4.36. The predicted octanol–water partition coefficient (Wildman–Crippen LogP) is 4.64. The van der Waals surface area contributed by atoms with Gasteiger partial charge in [0.25, 0.3) is 0 Å². The monoisotopic (exact) mass is 307 g/mol. The fourth-order valence-corrected chi connectivity index (χ4v) is 3.52. The van der Waals surface area contributed by atoms with E-state index in [1.54, 1.807) is 11.8 Å². The van der Waals surface area contributed by atoms with Crippen LogP contribution in [0.1, 0.15) is 53.5 Å². The first-order valence-electron chi connectivity index (χ1n) is 7.57. The number of amides is 1. The van der Waals surface area contributed by atoms with E-state index < -0.39 is 0 Å². The van der Waals surface area contributed by atoms with E-state index in [2.05, 4.69) is 52.1 Å². The number of carbonyl (C=O) groups excluding carboxylic acids is 1. The Kier molecular flexibility index (Phi) is 6.33. The zero-order chi connectivity index (χ0) is 16.1. The molecule has 0 spiro atoms. The van der Waals surface area contributed by atoms with Crippen LogP contribution in [0.15, 0.2) is 30.3 Å². The molecule has 1 aromatic carbocycles. The largest absolute Gasteiger partial charge is 0.350 e. The minimum atomic E-state index is -0.170. The van der Waals surface area contributed by atoms with Gasteiger partial charge in [-0.1, -0.05) is 51.1 Å². The summed E-state index contributed by atoms with van der Waals surface area (Å²) in [5.74, 6) is 1.000. The van der Waals surface area contributed by atoms with Gasteiger partial charge in [-0.25, -0.2) is 0 Å². The molecule has 0 aliphatic rings. The van der Waals surface area contributed by atoms with Gasteiger partial charge < -0.3 is 5.32 Å². The maximum absolute atomic E-state index is 12.3. The number of hydrogen-bond donors (Lipinski definition) is 1. The van der Waals surface area contributed by atoms with E-state index >= 15 is 0 Å². The Hall–Kier alpha value is -0.960. The number of thioether (sulfide) groups is 1. The molecular formula is C18H29NOS. The molecule has 0 saturated carbocycles. The highest BCUT2D eigenvalue weighted by molar-refractivity contribution is 7.99. The molecule has 0 fully saturated rings. The minimum Gasteiger partial charge on any atom is -0.350 e. The van der Waals surface area contributed by atoms with E-state index in [0.717, 1.165) is 12.2 Å². The van der Waals surface area contributed by atoms with Crippen LogP contribution in [0, 0.1) is 5.41 Å². The van der Waals surface area contributed by atoms with Gasteiger partial charge in [0.1, 0.15) is 0 Å². The lowest BCUT2D eigenvalue weighted by Crippen LogP contribution is -2.48. The average Bonchev–Trinajstić information content (AvgIpc) is 2.33. The Morgan fingerprint density at radius 2 is 1.71 bits per heavy atom. The molecule has 1 rings (SSSR count). The summed E-state index contributed by atoms with van der Waals surface area (Å²) in [7, 11) is 0. The van der Waals surface area contributed by atoms with Gasteiger partial charge in [0, 0.05) is 11.3 Å². The molecule has 0 aliphatic heterocycles. The van der Waals surface area contributed by atoms with Gasteiger partial charge in [0.15, 0.2) is 0 Å². The molecule has 0 unspecified atom stereocenters. The van der Waals surface area contributed by atoms with E-state index in [4.69, 9.17) is 0 Å². The van der Waals surface area contributed by atoms with Crippen molar-refractivity contribution in [3.8, 4) is 0 Å². The molecular weight excluding hydrogens is 278 g/mol. The van der Waals surface area contributed by atoms with Crippen molar-refractivity contribution in [1.82, 2.24) is 5.32 Å². The normalized spacial score (nSPS) is 13.8. The van der Waals surface area contributed by atoms with E-state index in [9.17, 15) is 4.79 Å². The molecule has 0 aromatic heterocycles. The second-order valence-corrected chi connectivity index (χ2v) is 8.88. The number of benzene rings is 1. The molecule has 0 saturated heterocycles. The molecule has 0 bridgehead atoms. The summed E-state index contributed by atoms with van der Waals surface area (Å²) in [6.07, 6.45) is 0.960. The molecule has 1 atom stereocenters. The first-order chi connectivity index (χ1) is 9.59. The molecule has 0 heterocycles. The molecule has 118 valence electrons. The van der Waals surface area contributed by atoms with Gasteiger partial charge >= 0.3 is 0 Å². The summed E-state index contributed by atoms with van der Waals surface area (Å²) in [6.45, 7) is 12.8. The van der Waals surface area contributed by atoms with Crippen LogP contribution < -0.4 is 5.32 Å². The van der Waals surface area contributed by atoms with Gasteiger partial charge in [0.05, 0.1) is 5.25 Å². The van der Waals surface area contributed by atoms with Gasteiger partial charge in [-0.15, -0.1) is 11.8 Å². The number of nitrogens with one attached hydrogen (secondary N) is 1. The maximum atomic E-state index is 12.3. The average molecular weight is 308 g/mol. The quantitative estimate of drug-likeness (QED) is 0.829. The topological polar surface area (TPSA) is 29.1 Å². The van der Waals surface area contributed by atoms with Gasteiger partial charge in [-0.05, 0) is 38.2 Å². The molecule has 2 nitrogen and oxygen atoms in total. The van der Waals surface area contributed by atoms with Crippen LogP contribution in [-0.4, -0.2) is 16.7 Å². The van der Waals surface area contributed by atoms with Crippen molar-refractivity contribution < 1.29 is 4.79 Å². The highest BCUT2D eigenvalue weighted by atomic mass is 32.2. The third kappa shape index (κ3) is 7.56. The Morgan fingerprint density at radius 3 is 2.24 bits per heavy atom. The predicted molar refractivity (Wildman–Crippen MR) is 93.5 cm³/mol. The highest BCUT2D eigenvalue weighted by Crippen LogP contribution is 2.27. The lowest BCUT2D eigenvalue weighted by atomic mass is 9.82. The fraction of sp³-hybridized carbons (Fsp3) is 0.611. The summed E-state index contributed by atoms with van der Waals surface area (Å²) in [5.41, 5.74) is 1.30. The smallest absolute Gasteiger partial charge is 0.233 e. The number of rotatable bonds is 6.